The van der Waals surface area contributed by atoms with Gasteiger partial charge in [0.1, 0.15) is 5.76 Å². The fourth-order valence-corrected chi connectivity index (χ4v) is 3.05. The predicted octanol–water partition coefficient (Wildman–Crippen LogP) is 2.57. The van der Waals surface area contributed by atoms with E-state index >= 15 is 0 Å². The van der Waals surface area contributed by atoms with Gasteiger partial charge < -0.3 is 20.1 Å². The van der Waals surface area contributed by atoms with E-state index in [1.54, 1.807) is 0 Å². The number of guanidine groups is 1. The van der Waals surface area contributed by atoms with Crippen LogP contribution in [0.15, 0.2) is 9.52 Å². The number of halogens is 1. The van der Waals surface area contributed by atoms with Gasteiger partial charge in [-0.2, -0.15) is 0 Å². The molecule has 0 radical (unpaired) electrons. The van der Waals surface area contributed by atoms with Crippen molar-refractivity contribution in [3.8, 4) is 0 Å². The van der Waals surface area contributed by atoms with Crippen LogP contribution in [0.4, 0.5) is 0 Å². The number of nitrogens with zero attached hydrogens (tertiary/aromatic N) is 3. The summed E-state index contributed by atoms with van der Waals surface area (Å²) in [5, 5.41) is 10.9. The first kappa shape index (κ1) is 21.2. The number of piperidine rings is 1. The van der Waals surface area contributed by atoms with E-state index in [1.165, 1.54) is 37.9 Å². The summed E-state index contributed by atoms with van der Waals surface area (Å²) >= 11 is 0. The highest BCUT2D eigenvalue weighted by molar-refractivity contribution is 14.0. The van der Waals surface area contributed by atoms with Gasteiger partial charge in [0, 0.05) is 38.7 Å². The lowest BCUT2D eigenvalue weighted by Crippen LogP contribution is -2.42. The molecule has 24 heavy (non-hydrogen) atoms. The van der Waals surface area contributed by atoms with Gasteiger partial charge in [0.2, 0.25) is 0 Å². The van der Waals surface area contributed by atoms with Crippen LogP contribution in [0.3, 0.4) is 0 Å². The molecule has 2 rings (SSSR count). The molecule has 6 nitrogen and oxygen atoms in total. The topological polar surface area (TPSA) is 65.7 Å². The standard InChI is InChI=1S/C17H31N5O.HI/c1-4-15-14(16(5-2)23-21-15)13-20-17(18-3)19-9-12-22-10-7-6-8-11-22;/h4-13H2,1-3H3,(H2,18,19,20);1H. The van der Waals surface area contributed by atoms with Crippen molar-refractivity contribution in [2.45, 2.75) is 52.5 Å². The number of rotatable bonds is 7. The van der Waals surface area contributed by atoms with Gasteiger partial charge in [-0.25, -0.2) is 0 Å². The summed E-state index contributed by atoms with van der Waals surface area (Å²) in [5.41, 5.74) is 2.21. The van der Waals surface area contributed by atoms with Crippen molar-refractivity contribution >= 4 is 29.9 Å². The second-order valence-corrected chi connectivity index (χ2v) is 5.99. The molecule has 1 fully saturated rings. The van der Waals surface area contributed by atoms with Crippen LogP contribution < -0.4 is 10.6 Å². The minimum Gasteiger partial charge on any atom is -0.361 e. The molecule has 0 bridgehead atoms. The average molecular weight is 449 g/mol. The third-order valence-corrected chi connectivity index (χ3v) is 4.43. The Bertz CT molecular complexity index is 476. The van der Waals surface area contributed by atoms with Gasteiger partial charge in [0.15, 0.2) is 5.96 Å². The Kier molecular flexibility index (Phi) is 10.3. The molecular formula is C17H32IN5O. The van der Waals surface area contributed by atoms with Crippen molar-refractivity contribution < 1.29 is 4.52 Å². The van der Waals surface area contributed by atoms with Crippen molar-refractivity contribution in [3.05, 3.63) is 17.0 Å². The van der Waals surface area contributed by atoms with Crippen LogP contribution in [-0.2, 0) is 19.4 Å². The summed E-state index contributed by atoms with van der Waals surface area (Å²) in [4.78, 5) is 6.83. The van der Waals surface area contributed by atoms with E-state index in [0.29, 0.717) is 6.54 Å². The number of nitrogens with one attached hydrogen (secondary N) is 2. The second kappa shape index (κ2) is 11.7. The zero-order chi connectivity index (χ0) is 16.5. The van der Waals surface area contributed by atoms with Gasteiger partial charge >= 0.3 is 0 Å². The van der Waals surface area contributed by atoms with Gasteiger partial charge in [0.25, 0.3) is 0 Å². The Morgan fingerprint density at radius 2 is 1.92 bits per heavy atom. The quantitative estimate of drug-likeness (QED) is 0.381. The highest BCUT2D eigenvalue weighted by Gasteiger charge is 2.14. The van der Waals surface area contributed by atoms with Gasteiger partial charge in [-0.05, 0) is 32.4 Å². The molecule has 1 aromatic rings. The summed E-state index contributed by atoms with van der Waals surface area (Å²) in [6.07, 6.45) is 5.80. The predicted molar refractivity (Wildman–Crippen MR) is 109 cm³/mol. The van der Waals surface area contributed by atoms with E-state index in [2.05, 4.69) is 39.5 Å². The summed E-state index contributed by atoms with van der Waals surface area (Å²) in [6.45, 7) is 9.36. The first-order valence-electron chi connectivity index (χ1n) is 8.91. The molecule has 7 heteroatoms. The zero-order valence-electron chi connectivity index (χ0n) is 15.2. The maximum absolute atomic E-state index is 5.41. The van der Waals surface area contributed by atoms with Crippen molar-refractivity contribution in [1.29, 1.82) is 0 Å². The molecule has 0 aliphatic carbocycles. The van der Waals surface area contributed by atoms with Crippen LogP contribution in [0.25, 0.3) is 0 Å². The van der Waals surface area contributed by atoms with Crippen LogP contribution in [0.2, 0.25) is 0 Å². The summed E-state index contributed by atoms with van der Waals surface area (Å²) < 4.78 is 5.41. The maximum Gasteiger partial charge on any atom is 0.191 e. The fraction of sp³-hybridized carbons (Fsp3) is 0.765. The fourth-order valence-electron chi connectivity index (χ4n) is 3.05. The molecule has 138 valence electrons. The Morgan fingerprint density at radius 3 is 2.54 bits per heavy atom. The molecule has 1 aliphatic rings. The van der Waals surface area contributed by atoms with E-state index in [9.17, 15) is 0 Å². The molecule has 0 amide bonds. The van der Waals surface area contributed by atoms with Crippen molar-refractivity contribution in [2.75, 3.05) is 33.2 Å². The van der Waals surface area contributed by atoms with Crippen LogP contribution in [0.5, 0.6) is 0 Å². The summed E-state index contributed by atoms with van der Waals surface area (Å²) in [6, 6.07) is 0. The number of hydrogen-bond acceptors (Lipinski definition) is 4. The first-order valence-corrected chi connectivity index (χ1v) is 8.91. The number of hydrogen-bond donors (Lipinski definition) is 2. The average Bonchev–Trinajstić information content (AvgIpc) is 3.00. The molecule has 2 N–H and O–H groups in total. The van der Waals surface area contributed by atoms with Crippen LogP contribution in [0.1, 0.15) is 50.1 Å². The number of aryl methyl sites for hydroxylation is 2. The molecule has 1 aromatic heterocycles. The summed E-state index contributed by atoms with van der Waals surface area (Å²) in [5.74, 6) is 1.81. The molecule has 0 spiro atoms. The third kappa shape index (κ3) is 6.23. The van der Waals surface area contributed by atoms with Crippen LogP contribution in [-0.4, -0.2) is 49.2 Å². The van der Waals surface area contributed by atoms with Crippen molar-refractivity contribution in [1.82, 2.24) is 20.7 Å². The normalized spacial score (nSPS) is 15.9. The third-order valence-electron chi connectivity index (χ3n) is 4.43. The number of likely N-dealkylation sites (tertiary alicyclic amines) is 1. The van der Waals surface area contributed by atoms with Crippen LogP contribution >= 0.6 is 24.0 Å². The van der Waals surface area contributed by atoms with Crippen LogP contribution in [0, 0.1) is 0 Å². The molecule has 2 heterocycles. The first-order chi connectivity index (χ1) is 11.3. The highest BCUT2D eigenvalue weighted by atomic mass is 127. The van der Waals surface area contributed by atoms with Crippen molar-refractivity contribution in [3.63, 3.8) is 0 Å². The Hall–Kier alpha value is -0.830. The number of aliphatic imine (C=N–C) groups is 1. The molecule has 1 aliphatic heterocycles. The molecule has 0 unspecified atom stereocenters. The lowest BCUT2D eigenvalue weighted by molar-refractivity contribution is 0.232. The van der Waals surface area contributed by atoms with Gasteiger partial charge in [-0.1, -0.05) is 25.4 Å². The maximum atomic E-state index is 5.41. The smallest absolute Gasteiger partial charge is 0.191 e. The monoisotopic (exact) mass is 449 g/mol. The van der Waals surface area contributed by atoms with E-state index in [4.69, 9.17) is 4.52 Å². The Balaban J connectivity index is 0.00000288. The highest BCUT2D eigenvalue weighted by Crippen LogP contribution is 2.15. The minimum absolute atomic E-state index is 0. The molecule has 0 saturated carbocycles. The lowest BCUT2D eigenvalue weighted by atomic mass is 10.1. The van der Waals surface area contributed by atoms with E-state index in [0.717, 1.165) is 43.3 Å². The van der Waals surface area contributed by atoms with Gasteiger partial charge in [-0.3, -0.25) is 4.99 Å². The molecule has 1 saturated heterocycles. The Morgan fingerprint density at radius 1 is 1.17 bits per heavy atom. The van der Waals surface area contributed by atoms with E-state index in [-0.39, 0.29) is 24.0 Å². The molecule has 0 atom stereocenters. The second-order valence-electron chi connectivity index (χ2n) is 5.99. The SMILES string of the molecule is CCc1noc(CC)c1CNC(=NC)NCCN1CCCCC1.I. The zero-order valence-corrected chi connectivity index (χ0v) is 17.6. The molecular weight excluding hydrogens is 417 g/mol. The Labute approximate surface area is 162 Å². The van der Waals surface area contributed by atoms with Gasteiger partial charge in [-0.15, -0.1) is 24.0 Å². The van der Waals surface area contributed by atoms with Crippen molar-refractivity contribution in [2.24, 2.45) is 4.99 Å². The minimum atomic E-state index is 0. The van der Waals surface area contributed by atoms with Gasteiger partial charge in [0.05, 0.1) is 5.69 Å². The largest absolute Gasteiger partial charge is 0.361 e. The lowest BCUT2D eigenvalue weighted by Gasteiger charge is -2.26. The molecule has 0 aromatic carbocycles. The summed E-state index contributed by atoms with van der Waals surface area (Å²) in [7, 11) is 1.81. The van der Waals surface area contributed by atoms with E-state index in [1.807, 2.05) is 7.05 Å². The van der Waals surface area contributed by atoms with E-state index < -0.39 is 0 Å². The number of aromatic nitrogens is 1.